The maximum atomic E-state index is 10.7. The third-order valence-corrected chi connectivity index (χ3v) is 3.33. The van der Waals surface area contributed by atoms with E-state index in [-0.39, 0.29) is 6.16 Å². The van der Waals surface area contributed by atoms with Gasteiger partial charge in [0.25, 0.3) is 0 Å². The smallest absolute Gasteiger partial charge is 0.325 e. The van der Waals surface area contributed by atoms with Gasteiger partial charge in [0.15, 0.2) is 0 Å². The Morgan fingerprint density at radius 2 is 1.65 bits per heavy atom. The van der Waals surface area contributed by atoms with Crippen LogP contribution in [0.3, 0.4) is 0 Å². The Bertz CT molecular complexity index is 369. The van der Waals surface area contributed by atoms with Crippen LogP contribution < -0.4 is 0 Å². The molecule has 2 N–H and O–H groups in total. The molecule has 0 aliphatic rings. The number of benzene rings is 1. The summed E-state index contributed by atoms with van der Waals surface area (Å²) in [7, 11) is -2.20. The lowest BCUT2D eigenvalue weighted by atomic mass is 10.1. The van der Waals surface area contributed by atoms with Crippen LogP contribution in [0.5, 0.6) is 0 Å². The van der Waals surface area contributed by atoms with Crippen LogP contribution in [-0.2, 0) is 22.1 Å². The molecule has 0 heterocycles. The standard InChI is InChI=1S/C12H19O4P/c1-16-9-2-3-11-4-6-12(7-5-11)8-10-17(13,14)15/h4-7H,2-3,8-10H2,1H3,(H2,13,14,15). The van der Waals surface area contributed by atoms with Crippen LogP contribution in [0.25, 0.3) is 0 Å². The Morgan fingerprint density at radius 3 is 2.12 bits per heavy atom. The van der Waals surface area contributed by atoms with E-state index in [0.29, 0.717) is 6.42 Å². The average molecular weight is 258 g/mol. The van der Waals surface area contributed by atoms with Crippen molar-refractivity contribution in [2.45, 2.75) is 19.3 Å². The second-order valence-corrected chi connectivity index (χ2v) is 5.83. The van der Waals surface area contributed by atoms with Gasteiger partial charge in [0, 0.05) is 13.7 Å². The van der Waals surface area contributed by atoms with Crippen LogP contribution in [0.15, 0.2) is 24.3 Å². The molecule has 0 spiro atoms. The second kappa shape index (κ2) is 6.92. The molecule has 0 amide bonds. The zero-order valence-corrected chi connectivity index (χ0v) is 10.9. The molecule has 17 heavy (non-hydrogen) atoms. The van der Waals surface area contributed by atoms with Crippen LogP contribution in [-0.4, -0.2) is 29.7 Å². The number of hydrogen-bond donors (Lipinski definition) is 2. The second-order valence-electron chi connectivity index (χ2n) is 4.05. The van der Waals surface area contributed by atoms with Crippen LogP contribution in [0.2, 0.25) is 0 Å². The van der Waals surface area contributed by atoms with Crippen LogP contribution >= 0.6 is 7.60 Å². The molecule has 1 rings (SSSR count). The van der Waals surface area contributed by atoms with Gasteiger partial charge < -0.3 is 14.5 Å². The normalized spacial score (nSPS) is 11.7. The summed E-state index contributed by atoms with van der Waals surface area (Å²) in [4.78, 5) is 17.5. The summed E-state index contributed by atoms with van der Waals surface area (Å²) in [6, 6.07) is 7.87. The molecule has 0 aromatic heterocycles. The average Bonchev–Trinajstić information content (AvgIpc) is 2.27. The lowest BCUT2D eigenvalue weighted by molar-refractivity contribution is 0.195. The molecule has 0 unspecified atom stereocenters. The quantitative estimate of drug-likeness (QED) is 0.579. The van der Waals surface area contributed by atoms with Crippen molar-refractivity contribution in [2.75, 3.05) is 19.9 Å². The van der Waals surface area contributed by atoms with Gasteiger partial charge in [0.05, 0.1) is 6.16 Å². The van der Waals surface area contributed by atoms with E-state index in [0.717, 1.165) is 25.0 Å². The molecule has 0 aliphatic carbocycles. The van der Waals surface area contributed by atoms with Gasteiger partial charge in [-0.05, 0) is 30.4 Å². The van der Waals surface area contributed by atoms with E-state index >= 15 is 0 Å². The third-order valence-electron chi connectivity index (χ3n) is 2.53. The predicted molar refractivity (Wildman–Crippen MR) is 67.3 cm³/mol. The Balaban J connectivity index is 2.42. The SMILES string of the molecule is COCCCc1ccc(CCP(=O)(O)O)cc1. The van der Waals surface area contributed by atoms with Crippen molar-refractivity contribution >= 4 is 7.60 Å². The van der Waals surface area contributed by atoms with Crippen molar-refractivity contribution in [3.8, 4) is 0 Å². The molecule has 1 aromatic carbocycles. The minimum atomic E-state index is -3.88. The minimum Gasteiger partial charge on any atom is -0.385 e. The Morgan fingerprint density at radius 1 is 1.12 bits per heavy atom. The molecular weight excluding hydrogens is 239 g/mol. The van der Waals surface area contributed by atoms with E-state index in [1.165, 1.54) is 5.56 Å². The minimum absolute atomic E-state index is 0.0873. The molecule has 0 fully saturated rings. The van der Waals surface area contributed by atoms with Gasteiger partial charge in [-0.25, -0.2) is 0 Å². The summed E-state index contributed by atoms with van der Waals surface area (Å²) in [5, 5.41) is 0. The fourth-order valence-corrected chi connectivity index (χ4v) is 2.12. The van der Waals surface area contributed by atoms with Crippen molar-refractivity contribution in [3.63, 3.8) is 0 Å². The number of rotatable bonds is 7. The zero-order chi connectivity index (χ0) is 12.7. The first-order valence-electron chi connectivity index (χ1n) is 5.62. The van der Waals surface area contributed by atoms with Crippen LogP contribution in [0, 0.1) is 0 Å². The molecule has 0 saturated carbocycles. The van der Waals surface area contributed by atoms with Crippen molar-refractivity contribution < 1.29 is 19.1 Å². The van der Waals surface area contributed by atoms with Gasteiger partial charge in [-0.1, -0.05) is 24.3 Å². The maximum Gasteiger partial charge on any atom is 0.325 e. The number of hydrogen-bond acceptors (Lipinski definition) is 2. The summed E-state index contributed by atoms with van der Waals surface area (Å²) in [6.07, 6.45) is 2.28. The molecule has 0 radical (unpaired) electrons. The highest BCUT2D eigenvalue weighted by atomic mass is 31.2. The molecule has 0 atom stereocenters. The first-order chi connectivity index (χ1) is 8.01. The maximum absolute atomic E-state index is 10.7. The fraction of sp³-hybridized carbons (Fsp3) is 0.500. The van der Waals surface area contributed by atoms with E-state index in [1.54, 1.807) is 7.11 Å². The summed E-state index contributed by atoms with van der Waals surface area (Å²) >= 11 is 0. The highest BCUT2D eigenvalue weighted by molar-refractivity contribution is 7.51. The number of methoxy groups -OCH3 is 1. The van der Waals surface area contributed by atoms with Crippen molar-refractivity contribution in [3.05, 3.63) is 35.4 Å². The van der Waals surface area contributed by atoms with Gasteiger partial charge in [-0.2, -0.15) is 0 Å². The van der Waals surface area contributed by atoms with Gasteiger partial charge in [0.1, 0.15) is 0 Å². The van der Waals surface area contributed by atoms with Gasteiger partial charge in [0.2, 0.25) is 0 Å². The van der Waals surface area contributed by atoms with Crippen LogP contribution in [0.4, 0.5) is 0 Å². The fourth-order valence-electron chi connectivity index (χ4n) is 1.57. The molecule has 1 aromatic rings. The number of ether oxygens (including phenoxy) is 1. The highest BCUT2D eigenvalue weighted by Gasteiger charge is 2.12. The molecule has 4 nitrogen and oxygen atoms in total. The Labute approximate surface area is 102 Å². The van der Waals surface area contributed by atoms with E-state index in [4.69, 9.17) is 14.5 Å². The predicted octanol–water partition coefficient (Wildman–Crippen LogP) is 1.99. The van der Waals surface area contributed by atoms with Crippen LogP contribution in [0.1, 0.15) is 17.5 Å². The largest absolute Gasteiger partial charge is 0.385 e. The Hall–Kier alpha value is -0.670. The molecule has 0 bridgehead atoms. The first kappa shape index (κ1) is 14.4. The first-order valence-corrected chi connectivity index (χ1v) is 7.42. The van der Waals surface area contributed by atoms with E-state index in [9.17, 15) is 4.57 Å². The van der Waals surface area contributed by atoms with Gasteiger partial charge in [-0.3, -0.25) is 4.57 Å². The van der Waals surface area contributed by atoms with E-state index < -0.39 is 7.60 Å². The molecular formula is C12H19O4P. The monoisotopic (exact) mass is 258 g/mol. The Kier molecular flexibility index (Phi) is 5.86. The topological polar surface area (TPSA) is 66.8 Å². The van der Waals surface area contributed by atoms with Crippen molar-refractivity contribution in [1.82, 2.24) is 0 Å². The van der Waals surface area contributed by atoms with Crippen molar-refractivity contribution in [1.29, 1.82) is 0 Å². The molecule has 5 heteroatoms. The number of aryl methyl sites for hydroxylation is 2. The zero-order valence-electron chi connectivity index (χ0n) is 10.0. The highest BCUT2D eigenvalue weighted by Crippen LogP contribution is 2.34. The summed E-state index contributed by atoms with van der Waals surface area (Å²) in [5.74, 6) is 0. The molecule has 0 saturated heterocycles. The summed E-state index contributed by atoms with van der Waals surface area (Å²) in [6.45, 7) is 0.750. The van der Waals surface area contributed by atoms with Gasteiger partial charge >= 0.3 is 7.60 Å². The van der Waals surface area contributed by atoms with Crippen molar-refractivity contribution in [2.24, 2.45) is 0 Å². The summed E-state index contributed by atoms with van der Waals surface area (Å²) < 4.78 is 15.7. The molecule has 96 valence electrons. The van der Waals surface area contributed by atoms with E-state index in [2.05, 4.69) is 0 Å². The summed E-state index contributed by atoms with van der Waals surface area (Å²) in [5.41, 5.74) is 2.19. The molecule has 0 aliphatic heterocycles. The lowest BCUT2D eigenvalue weighted by Crippen LogP contribution is -1.95. The van der Waals surface area contributed by atoms with Gasteiger partial charge in [-0.15, -0.1) is 0 Å². The lowest BCUT2D eigenvalue weighted by Gasteiger charge is -2.05. The van der Waals surface area contributed by atoms with E-state index in [1.807, 2.05) is 24.3 Å². The third kappa shape index (κ3) is 6.59.